The Balaban J connectivity index is 3.19. The van der Waals surface area contributed by atoms with Gasteiger partial charge in [-0.05, 0) is 43.9 Å². The average Bonchev–Trinajstić information content (AvgIpc) is 3.00. The highest BCUT2D eigenvalue weighted by Crippen LogP contribution is 2.29. The van der Waals surface area contributed by atoms with Gasteiger partial charge in [0.25, 0.3) is 5.91 Å². The number of rotatable bonds is 19. The standard InChI is InChI=1S/C33H51F4N5O7/c1-9-11-18(30(46)40-19(12-15(3)4)21(43)14-22(44)42-28(17(7)8)33(49)38-10-2)39-31(47)20(13-16(5)6)41-32(48)23-24(34)26(36)29(45)27(37)25(23)35/h15-21,28,43,45H,9-14H2,1-8H3,(H,38,49)(H,39,47)(H,40,46)(H,41,48)(H,42,44)/t18-,19-,20-,21-,28-/m0/s1. The van der Waals surface area contributed by atoms with Crippen molar-refractivity contribution in [2.24, 2.45) is 17.8 Å². The van der Waals surface area contributed by atoms with Crippen molar-refractivity contribution >= 4 is 29.5 Å². The number of likely N-dealkylation sites (N-methyl/N-ethyl adjacent to an activating group) is 1. The molecule has 0 fully saturated rings. The van der Waals surface area contributed by atoms with Gasteiger partial charge in [-0.25, -0.2) is 8.78 Å². The summed E-state index contributed by atoms with van der Waals surface area (Å²) in [7, 11) is 0. The fourth-order valence-corrected chi connectivity index (χ4v) is 5.07. The van der Waals surface area contributed by atoms with E-state index in [1.54, 1.807) is 41.5 Å². The Morgan fingerprint density at radius 3 is 1.69 bits per heavy atom. The first-order valence-corrected chi connectivity index (χ1v) is 16.5. The van der Waals surface area contributed by atoms with Gasteiger partial charge in [-0.15, -0.1) is 0 Å². The van der Waals surface area contributed by atoms with E-state index in [9.17, 15) is 51.7 Å². The molecule has 5 amide bonds. The van der Waals surface area contributed by atoms with Crippen LogP contribution in [0.2, 0.25) is 0 Å². The van der Waals surface area contributed by atoms with Crippen LogP contribution in [0.4, 0.5) is 17.6 Å². The molecule has 1 rings (SSSR count). The zero-order valence-electron chi connectivity index (χ0n) is 29.3. The molecule has 0 heterocycles. The van der Waals surface area contributed by atoms with Crippen molar-refractivity contribution in [1.82, 2.24) is 26.6 Å². The lowest BCUT2D eigenvalue weighted by Crippen LogP contribution is -2.57. The lowest BCUT2D eigenvalue weighted by Gasteiger charge is -2.29. The summed E-state index contributed by atoms with van der Waals surface area (Å²) in [5, 5.41) is 32.8. The smallest absolute Gasteiger partial charge is 0.258 e. The van der Waals surface area contributed by atoms with Crippen LogP contribution in [0.3, 0.4) is 0 Å². The summed E-state index contributed by atoms with van der Waals surface area (Å²) in [6, 6.07) is -4.54. The van der Waals surface area contributed by atoms with Gasteiger partial charge in [0.1, 0.15) is 23.7 Å². The second-order valence-electron chi connectivity index (χ2n) is 13.2. The fourth-order valence-electron chi connectivity index (χ4n) is 5.07. The van der Waals surface area contributed by atoms with Crippen LogP contribution in [0.5, 0.6) is 5.75 Å². The molecule has 0 saturated heterocycles. The molecule has 0 unspecified atom stereocenters. The zero-order valence-corrected chi connectivity index (χ0v) is 29.3. The summed E-state index contributed by atoms with van der Waals surface area (Å²) in [6.45, 7) is 14.3. The molecule has 0 spiro atoms. The highest BCUT2D eigenvalue weighted by Gasteiger charge is 2.34. The molecule has 1 aromatic rings. The summed E-state index contributed by atoms with van der Waals surface area (Å²) in [6.07, 6.45) is -1.22. The molecule has 0 aliphatic carbocycles. The van der Waals surface area contributed by atoms with E-state index < -0.39 is 94.9 Å². The van der Waals surface area contributed by atoms with E-state index in [-0.39, 0.29) is 42.9 Å². The predicted molar refractivity (Wildman–Crippen MR) is 173 cm³/mol. The Bertz CT molecular complexity index is 1300. The number of aliphatic hydroxyl groups excluding tert-OH is 1. The van der Waals surface area contributed by atoms with Gasteiger partial charge >= 0.3 is 0 Å². The van der Waals surface area contributed by atoms with Gasteiger partial charge in [-0.2, -0.15) is 8.78 Å². The summed E-state index contributed by atoms with van der Waals surface area (Å²) >= 11 is 0. The average molecular weight is 706 g/mol. The fraction of sp³-hybridized carbons (Fsp3) is 0.667. The van der Waals surface area contributed by atoms with Crippen molar-refractivity contribution in [2.75, 3.05) is 6.54 Å². The normalized spacial score (nSPS) is 14.5. The van der Waals surface area contributed by atoms with E-state index >= 15 is 0 Å². The second kappa shape index (κ2) is 19.9. The Kier molecular flexibility index (Phi) is 17.5. The van der Waals surface area contributed by atoms with Crippen molar-refractivity contribution in [3.05, 3.63) is 28.8 Å². The van der Waals surface area contributed by atoms with Crippen LogP contribution < -0.4 is 26.6 Å². The predicted octanol–water partition coefficient (Wildman–Crippen LogP) is 2.94. The zero-order chi connectivity index (χ0) is 37.7. The third kappa shape index (κ3) is 12.8. The van der Waals surface area contributed by atoms with E-state index in [4.69, 9.17) is 0 Å². The molecular formula is C33H51F4N5O7. The first kappa shape index (κ1) is 43.1. The monoisotopic (exact) mass is 705 g/mol. The molecule has 0 radical (unpaired) electrons. The van der Waals surface area contributed by atoms with Crippen LogP contribution in [0.1, 0.15) is 97.9 Å². The Labute approximate surface area is 284 Å². The molecule has 12 nitrogen and oxygen atoms in total. The van der Waals surface area contributed by atoms with Crippen molar-refractivity contribution in [3.8, 4) is 5.75 Å². The molecule has 0 aliphatic heterocycles. The maximum absolute atomic E-state index is 14.4. The molecule has 0 aromatic heterocycles. The van der Waals surface area contributed by atoms with Crippen LogP contribution in [-0.2, 0) is 19.2 Å². The molecule has 1 aromatic carbocycles. The molecule has 278 valence electrons. The number of aliphatic hydroxyl groups is 1. The SMILES string of the molecule is CCC[C@H](NC(=O)[C@H](CC(C)C)NC(=O)c1c(F)c(F)c(O)c(F)c1F)C(=O)N[C@@H](CC(C)C)[C@@H](O)CC(=O)N[C@H](C(=O)NCC)C(C)C. The van der Waals surface area contributed by atoms with Gasteiger partial charge in [0.05, 0.1) is 18.6 Å². The number of carbonyl (C=O) groups excluding carboxylic acids is 5. The number of hydrogen-bond acceptors (Lipinski definition) is 7. The van der Waals surface area contributed by atoms with Crippen molar-refractivity contribution in [2.45, 2.75) is 118 Å². The number of phenolic OH excluding ortho intramolecular Hbond substituents is 1. The van der Waals surface area contributed by atoms with Crippen molar-refractivity contribution < 1.29 is 51.7 Å². The summed E-state index contributed by atoms with van der Waals surface area (Å²) < 4.78 is 56.6. The minimum Gasteiger partial charge on any atom is -0.503 e. The van der Waals surface area contributed by atoms with Crippen LogP contribution >= 0.6 is 0 Å². The lowest BCUT2D eigenvalue weighted by atomic mass is 9.95. The largest absolute Gasteiger partial charge is 0.503 e. The van der Waals surface area contributed by atoms with Gasteiger partial charge in [-0.3, -0.25) is 24.0 Å². The van der Waals surface area contributed by atoms with Gasteiger partial charge in [0.2, 0.25) is 35.3 Å². The van der Waals surface area contributed by atoms with Crippen LogP contribution in [0.25, 0.3) is 0 Å². The first-order chi connectivity index (χ1) is 22.8. The van der Waals surface area contributed by atoms with E-state index in [1.807, 2.05) is 13.8 Å². The van der Waals surface area contributed by atoms with Gasteiger partial charge in [0, 0.05) is 6.54 Å². The topological polar surface area (TPSA) is 186 Å². The summed E-state index contributed by atoms with van der Waals surface area (Å²) in [5.74, 6) is -15.6. The first-order valence-electron chi connectivity index (χ1n) is 16.5. The molecule has 7 N–H and O–H groups in total. The Hall–Kier alpha value is -3.95. The Morgan fingerprint density at radius 1 is 0.694 bits per heavy atom. The quantitative estimate of drug-likeness (QED) is 0.0852. The molecule has 0 aliphatic rings. The summed E-state index contributed by atoms with van der Waals surface area (Å²) in [5.41, 5.74) is -1.68. The highest BCUT2D eigenvalue weighted by molar-refractivity contribution is 5.99. The highest BCUT2D eigenvalue weighted by atomic mass is 19.2. The molecule has 0 bridgehead atoms. The number of halogens is 4. The third-order valence-electron chi connectivity index (χ3n) is 7.54. The number of hydrogen-bond donors (Lipinski definition) is 7. The Morgan fingerprint density at radius 2 is 1.22 bits per heavy atom. The number of amides is 5. The van der Waals surface area contributed by atoms with E-state index in [0.717, 1.165) is 0 Å². The third-order valence-corrected chi connectivity index (χ3v) is 7.54. The number of carbonyl (C=O) groups is 5. The molecular weight excluding hydrogens is 654 g/mol. The van der Waals surface area contributed by atoms with Crippen molar-refractivity contribution in [1.29, 1.82) is 0 Å². The molecule has 5 atom stereocenters. The number of aromatic hydroxyl groups is 1. The van der Waals surface area contributed by atoms with E-state index in [2.05, 4.69) is 26.6 Å². The maximum atomic E-state index is 14.4. The van der Waals surface area contributed by atoms with Crippen LogP contribution in [0, 0.1) is 41.0 Å². The van der Waals surface area contributed by atoms with E-state index in [0.29, 0.717) is 13.0 Å². The van der Waals surface area contributed by atoms with Gasteiger partial charge in [0.15, 0.2) is 17.4 Å². The molecule has 49 heavy (non-hydrogen) atoms. The van der Waals surface area contributed by atoms with Gasteiger partial charge in [-0.1, -0.05) is 54.9 Å². The minimum atomic E-state index is -2.19. The molecule has 0 saturated carbocycles. The van der Waals surface area contributed by atoms with E-state index in [1.165, 1.54) is 0 Å². The summed E-state index contributed by atoms with van der Waals surface area (Å²) in [4.78, 5) is 64.9. The lowest BCUT2D eigenvalue weighted by molar-refractivity contribution is -0.132. The number of benzene rings is 1. The number of nitrogens with one attached hydrogen (secondary N) is 5. The second-order valence-corrected chi connectivity index (χ2v) is 13.2. The maximum Gasteiger partial charge on any atom is 0.258 e. The van der Waals surface area contributed by atoms with Crippen LogP contribution in [-0.4, -0.2) is 76.6 Å². The minimum absolute atomic E-state index is 0.0537. The van der Waals surface area contributed by atoms with Gasteiger partial charge < -0.3 is 36.8 Å². The number of phenols is 1. The van der Waals surface area contributed by atoms with Crippen molar-refractivity contribution in [3.63, 3.8) is 0 Å². The molecule has 16 heteroatoms. The van der Waals surface area contributed by atoms with Crippen LogP contribution in [0.15, 0.2) is 0 Å².